The molecule has 144 valence electrons. The highest BCUT2D eigenvalue weighted by Crippen LogP contribution is 2.59. The summed E-state index contributed by atoms with van der Waals surface area (Å²) in [6, 6.07) is 5.47. The molecule has 2 saturated carbocycles. The summed E-state index contributed by atoms with van der Waals surface area (Å²) in [5.41, 5.74) is 0.740. The molecule has 1 spiro atoms. The second kappa shape index (κ2) is 6.43. The van der Waals surface area contributed by atoms with Crippen molar-refractivity contribution in [2.24, 2.45) is 17.3 Å². The van der Waals surface area contributed by atoms with Crippen LogP contribution in [0.25, 0.3) is 0 Å². The molecule has 1 aromatic rings. The van der Waals surface area contributed by atoms with Crippen molar-refractivity contribution >= 4 is 17.5 Å². The van der Waals surface area contributed by atoms with Crippen molar-refractivity contribution in [1.82, 2.24) is 4.90 Å². The van der Waals surface area contributed by atoms with Crippen molar-refractivity contribution < 1.29 is 19.1 Å². The van der Waals surface area contributed by atoms with E-state index in [-0.39, 0.29) is 24.0 Å². The Morgan fingerprint density at radius 2 is 2.00 bits per heavy atom. The topological polar surface area (TPSA) is 67.9 Å². The molecule has 1 N–H and O–H groups in total. The van der Waals surface area contributed by atoms with Crippen molar-refractivity contribution in [3.8, 4) is 11.5 Å². The number of fused-ring (bicyclic) bond motifs is 1. The number of hydrogen-bond acceptors (Lipinski definition) is 4. The van der Waals surface area contributed by atoms with Crippen LogP contribution in [0.4, 0.5) is 5.69 Å². The van der Waals surface area contributed by atoms with Gasteiger partial charge in [-0.3, -0.25) is 9.59 Å². The number of carbonyl (C=O) groups excluding carboxylic acids is 2. The molecule has 6 heteroatoms. The fourth-order valence-corrected chi connectivity index (χ4v) is 5.07. The van der Waals surface area contributed by atoms with Crippen molar-refractivity contribution in [2.45, 2.75) is 44.9 Å². The first-order valence-corrected chi connectivity index (χ1v) is 10.1. The molecule has 2 atom stereocenters. The highest BCUT2D eigenvalue weighted by molar-refractivity contribution is 5.95. The van der Waals surface area contributed by atoms with Crippen LogP contribution in [-0.4, -0.2) is 36.6 Å². The highest BCUT2D eigenvalue weighted by Gasteiger charge is 2.61. The lowest BCUT2D eigenvalue weighted by Crippen LogP contribution is -2.31. The van der Waals surface area contributed by atoms with Crippen molar-refractivity contribution in [2.75, 3.05) is 25.2 Å². The van der Waals surface area contributed by atoms with E-state index < -0.39 is 0 Å². The third-order valence-corrected chi connectivity index (χ3v) is 6.82. The van der Waals surface area contributed by atoms with Gasteiger partial charge in [-0.25, -0.2) is 0 Å². The van der Waals surface area contributed by atoms with Crippen LogP contribution in [-0.2, 0) is 9.59 Å². The number of nitrogens with zero attached hydrogens (tertiary/aromatic N) is 1. The van der Waals surface area contributed by atoms with Gasteiger partial charge in [0.2, 0.25) is 18.6 Å². The fraction of sp³-hybridized carbons (Fsp3) is 0.619. The SMILES string of the molecule is O=C(Nc1ccc2c(c1)OCO2)[C@H]1C[C@]12CCN(C(=O)CC1CCCC1)C2. The third kappa shape index (κ3) is 3.15. The molecule has 1 saturated heterocycles. The summed E-state index contributed by atoms with van der Waals surface area (Å²) in [7, 11) is 0. The average molecular weight is 370 g/mol. The Kier molecular flexibility index (Phi) is 4.02. The van der Waals surface area contributed by atoms with Crippen molar-refractivity contribution in [3.05, 3.63) is 18.2 Å². The molecule has 2 aliphatic carbocycles. The molecule has 4 aliphatic rings. The summed E-state index contributed by atoms with van der Waals surface area (Å²) < 4.78 is 10.7. The number of carbonyl (C=O) groups is 2. The maximum Gasteiger partial charge on any atom is 0.231 e. The zero-order valence-electron chi connectivity index (χ0n) is 15.5. The van der Waals surface area contributed by atoms with E-state index in [1.807, 2.05) is 17.0 Å². The molecule has 3 fully saturated rings. The summed E-state index contributed by atoms with van der Waals surface area (Å²) in [4.78, 5) is 27.3. The maximum atomic E-state index is 12.7. The lowest BCUT2D eigenvalue weighted by Gasteiger charge is -2.19. The van der Waals surface area contributed by atoms with Gasteiger partial charge in [-0.2, -0.15) is 0 Å². The number of benzene rings is 1. The van der Waals surface area contributed by atoms with E-state index in [9.17, 15) is 9.59 Å². The first kappa shape index (κ1) is 16.9. The number of rotatable bonds is 4. The van der Waals surface area contributed by atoms with E-state index >= 15 is 0 Å². The third-order valence-electron chi connectivity index (χ3n) is 6.82. The Labute approximate surface area is 159 Å². The molecule has 27 heavy (non-hydrogen) atoms. The van der Waals surface area contributed by atoms with Gasteiger partial charge < -0.3 is 19.7 Å². The van der Waals surface area contributed by atoms with Crippen LogP contribution in [0.1, 0.15) is 44.9 Å². The van der Waals surface area contributed by atoms with Crippen LogP contribution in [0, 0.1) is 17.3 Å². The predicted octanol–water partition coefficient (Wildman–Crippen LogP) is 3.17. The summed E-state index contributed by atoms with van der Waals surface area (Å²) in [5, 5.41) is 3.01. The Morgan fingerprint density at radius 1 is 1.19 bits per heavy atom. The van der Waals surface area contributed by atoms with Gasteiger partial charge in [-0.05, 0) is 43.7 Å². The molecule has 0 radical (unpaired) electrons. The minimum atomic E-state index is 0.00571. The molecule has 0 aromatic heterocycles. The van der Waals surface area contributed by atoms with E-state index in [4.69, 9.17) is 9.47 Å². The number of ether oxygens (including phenoxy) is 2. The molecule has 2 aliphatic heterocycles. The lowest BCUT2D eigenvalue weighted by atomic mass is 10.0. The van der Waals surface area contributed by atoms with Gasteiger partial charge in [0.25, 0.3) is 0 Å². The minimum absolute atomic E-state index is 0.00571. The summed E-state index contributed by atoms with van der Waals surface area (Å²) in [6.07, 6.45) is 7.47. The molecule has 1 aromatic carbocycles. The minimum Gasteiger partial charge on any atom is -0.454 e. The molecule has 5 rings (SSSR count). The highest BCUT2D eigenvalue weighted by atomic mass is 16.7. The molecule has 0 bridgehead atoms. The second-order valence-corrected chi connectivity index (χ2v) is 8.60. The van der Waals surface area contributed by atoms with Crippen LogP contribution in [0.15, 0.2) is 18.2 Å². The lowest BCUT2D eigenvalue weighted by molar-refractivity contribution is -0.131. The van der Waals surface area contributed by atoms with Crippen LogP contribution in [0.3, 0.4) is 0 Å². The summed E-state index contributed by atoms with van der Waals surface area (Å²) in [6.45, 7) is 1.78. The van der Waals surface area contributed by atoms with Gasteiger partial charge in [0.1, 0.15) is 0 Å². The predicted molar refractivity (Wildman–Crippen MR) is 99.5 cm³/mol. The van der Waals surface area contributed by atoms with Gasteiger partial charge in [0.05, 0.1) is 0 Å². The summed E-state index contributed by atoms with van der Waals surface area (Å²) in [5.74, 6) is 2.32. The first-order chi connectivity index (χ1) is 13.1. The number of likely N-dealkylation sites (tertiary alicyclic amines) is 1. The van der Waals surface area contributed by atoms with E-state index in [0.717, 1.165) is 31.6 Å². The molecule has 2 heterocycles. The fourth-order valence-electron chi connectivity index (χ4n) is 5.07. The van der Waals surface area contributed by atoms with Gasteiger partial charge >= 0.3 is 0 Å². The Hall–Kier alpha value is -2.24. The molecular formula is C21H26N2O4. The zero-order valence-corrected chi connectivity index (χ0v) is 15.5. The molecule has 6 nitrogen and oxygen atoms in total. The second-order valence-electron chi connectivity index (χ2n) is 8.60. The number of amides is 2. The normalized spacial score (nSPS) is 28.7. The van der Waals surface area contributed by atoms with E-state index in [1.165, 1.54) is 25.7 Å². The monoisotopic (exact) mass is 370 g/mol. The number of hydrogen-bond donors (Lipinski definition) is 1. The van der Waals surface area contributed by atoms with E-state index in [2.05, 4.69) is 5.32 Å². The molecule has 2 amide bonds. The largest absolute Gasteiger partial charge is 0.454 e. The van der Waals surface area contributed by atoms with Crippen molar-refractivity contribution in [1.29, 1.82) is 0 Å². The zero-order chi connectivity index (χ0) is 18.4. The Morgan fingerprint density at radius 3 is 2.85 bits per heavy atom. The van der Waals surface area contributed by atoms with Crippen LogP contribution >= 0.6 is 0 Å². The van der Waals surface area contributed by atoms with Gasteiger partial charge in [-0.15, -0.1) is 0 Å². The quantitative estimate of drug-likeness (QED) is 0.884. The first-order valence-electron chi connectivity index (χ1n) is 10.1. The standard InChI is InChI=1S/C21H26N2O4/c24-19(9-14-3-1-2-4-14)23-8-7-21(12-23)11-16(21)20(25)22-15-5-6-17-18(10-15)27-13-26-17/h5-6,10,14,16H,1-4,7-9,11-13H2,(H,22,25)/t16-,21+/m1/s1. The number of nitrogens with one attached hydrogen (secondary N) is 1. The average Bonchev–Trinajstić information content (AvgIpc) is 3.10. The Bertz CT molecular complexity index is 773. The van der Waals surface area contributed by atoms with Gasteiger partial charge in [0.15, 0.2) is 11.5 Å². The molecule has 0 unspecified atom stereocenters. The van der Waals surface area contributed by atoms with Crippen molar-refractivity contribution in [3.63, 3.8) is 0 Å². The van der Waals surface area contributed by atoms with Crippen LogP contribution in [0.2, 0.25) is 0 Å². The van der Waals surface area contributed by atoms with Gasteiger partial charge in [0, 0.05) is 42.6 Å². The van der Waals surface area contributed by atoms with Gasteiger partial charge in [-0.1, -0.05) is 12.8 Å². The molecular weight excluding hydrogens is 344 g/mol. The van der Waals surface area contributed by atoms with Crippen LogP contribution in [0.5, 0.6) is 11.5 Å². The number of anilines is 1. The summed E-state index contributed by atoms with van der Waals surface area (Å²) >= 11 is 0. The Balaban J connectivity index is 1.16. The maximum absolute atomic E-state index is 12.7. The van der Waals surface area contributed by atoms with E-state index in [0.29, 0.717) is 29.7 Å². The smallest absolute Gasteiger partial charge is 0.231 e. The van der Waals surface area contributed by atoms with Crippen LogP contribution < -0.4 is 14.8 Å². The van der Waals surface area contributed by atoms with E-state index in [1.54, 1.807) is 6.07 Å².